The molecule has 0 saturated carbocycles. The smallest absolute Gasteiger partial charge is 0.179 e. The highest BCUT2D eigenvalue weighted by molar-refractivity contribution is 9.10. The van der Waals surface area contributed by atoms with Gasteiger partial charge in [-0.3, -0.25) is 0 Å². The van der Waals surface area contributed by atoms with Crippen molar-refractivity contribution in [3.8, 4) is 0 Å². The number of morpholine rings is 1. The lowest BCUT2D eigenvalue weighted by molar-refractivity contribution is 0.0110. The molecule has 1 fully saturated rings. The predicted molar refractivity (Wildman–Crippen MR) is 86.3 cm³/mol. The van der Waals surface area contributed by atoms with Crippen LogP contribution in [0.15, 0.2) is 33.6 Å². The Morgan fingerprint density at radius 3 is 2.71 bits per heavy atom. The van der Waals surface area contributed by atoms with Gasteiger partial charge in [-0.1, -0.05) is 15.9 Å². The zero-order valence-corrected chi connectivity index (χ0v) is 14.5. The number of ether oxygens (including phenoxy) is 1. The van der Waals surface area contributed by atoms with Crippen LogP contribution in [-0.2, 0) is 14.6 Å². The summed E-state index contributed by atoms with van der Waals surface area (Å²) in [5, 5.41) is 3.27. The largest absolute Gasteiger partial charge is 0.374 e. The van der Waals surface area contributed by atoms with E-state index in [0.29, 0.717) is 11.4 Å². The number of rotatable bonds is 6. The van der Waals surface area contributed by atoms with Gasteiger partial charge in [0.25, 0.3) is 0 Å². The number of benzene rings is 1. The van der Waals surface area contributed by atoms with Gasteiger partial charge in [-0.2, -0.15) is 0 Å². The average molecular weight is 377 g/mol. The van der Waals surface area contributed by atoms with Gasteiger partial charge < -0.3 is 15.0 Å². The maximum atomic E-state index is 12.3. The number of nitrogens with one attached hydrogen (secondary N) is 1. The zero-order valence-electron chi connectivity index (χ0n) is 12.1. The van der Waals surface area contributed by atoms with Crippen LogP contribution in [0.25, 0.3) is 0 Å². The number of sulfone groups is 1. The average Bonchev–Trinajstić information content (AvgIpc) is 2.47. The van der Waals surface area contributed by atoms with E-state index < -0.39 is 9.84 Å². The molecule has 1 atom stereocenters. The lowest BCUT2D eigenvalue weighted by Crippen LogP contribution is -2.45. The van der Waals surface area contributed by atoms with E-state index in [9.17, 15) is 8.42 Å². The maximum Gasteiger partial charge on any atom is 0.179 e. The minimum Gasteiger partial charge on any atom is -0.374 e. The van der Waals surface area contributed by atoms with Gasteiger partial charge in [0.2, 0.25) is 0 Å². The van der Waals surface area contributed by atoms with Gasteiger partial charge >= 0.3 is 0 Å². The molecular weight excluding hydrogens is 356 g/mol. The Balaban J connectivity index is 1.84. The van der Waals surface area contributed by atoms with Crippen LogP contribution in [0, 0.1) is 0 Å². The Labute approximate surface area is 134 Å². The summed E-state index contributed by atoms with van der Waals surface area (Å²) in [5.74, 6) is 0.116. The molecule has 1 aromatic rings. The van der Waals surface area contributed by atoms with Crippen LogP contribution in [0.4, 0.5) is 0 Å². The molecule has 5 nitrogen and oxygen atoms in total. The Kier molecular flexibility index (Phi) is 6.19. The van der Waals surface area contributed by atoms with Crippen molar-refractivity contribution in [1.82, 2.24) is 10.2 Å². The zero-order chi connectivity index (χ0) is 15.3. The third-order valence-electron chi connectivity index (χ3n) is 3.43. The predicted octanol–water partition coefficient (Wildman–Crippen LogP) is 1.14. The Morgan fingerprint density at radius 1 is 1.38 bits per heavy atom. The molecule has 0 aromatic heterocycles. The van der Waals surface area contributed by atoms with Crippen molar-refractivity contribution < 1.29 is 13.2 Å². The third kappa shape index (κ3) is 5.34. The molecule has 0 bridgehead atoms. The molecule has 7 heteroatoms. The number of likely N-dealkylation sites (N-methyl/N-ethyl adjacent to an activating group) is 1. The molecule has 2 rings (SSSR count). The second kappa shape index (κ2) is 7.69. The summed E-state index contributed by atoms with van der Waals surface area (Å²) in [6, 6.07) is 6.76. The highest BCUT2D eigenvalue weighted by atomic mass is 79.9. The van der Waals surface area contributed by atoms with Crippen molar-refractivity contribution in [2.24, 2.45) is 0 Å². The van der Waals surface area contributed by atoms with Gasteiger partial charge in [-0.05, 0) is 31.3 Å². The Morgan fingerprint density at radius 2 is 2.10 bits per heavy atom. The van der Waals surface area contributed by atoms with Crippen LogP contribution < -0.4 is 5.32 Å². The molecule has 1 N–H and O–H groups in total. The van der Waals surface area contributed by atoms with Crippen molar-refractivity contribution >= 4 is 25.8 Å². The summed E-state index contributed by atoms with van der Waals surface area (Å²) in [4.78, 5) is 2.38. The quantitative estimate of drug-likeness (QED) is 0.806. The van der Waals surface area contributed by atoms with E-state index in [0.717, 1.165) is 30.7 Å². The number of hydrogen-bond donors (Lipinski definition) is 1. The minimum absolute atomic E-state index is 0.116. The molecule has 118 valence electrons. The fourth-order valence-electron chi connectivity index (χ4n) is 2.21. The van der Waals surface area contributed by atoms with Crippen LogP contribution in [0.3, 0.4) is 0 Å². The molecule has 0 aliphatic carbocycles. The number of halogens is 1. The molecule has 1 aromatic carbocycles. The first-order valence-corrected chi connectivity index (χ1v) is 9.41. The highest BCUT2D eigenvalue weighted by Gasteiger charge is 2.18. The van der Waals surface area contributed by atoms with E-state index in [1.165, 1.54) is 0 Å². The SMILES string of the molecule is CN(CCS(=O)(=O)c1ccc(Br)cc1)CC1CNCCO1. The molecule has 0 spiro atoms. The van der Waals surface area contributed by atoms with Gasteiger partial charge in [0.15, 0.2) is 9.84 Å². The first-order chi connectivity index (χ1) is 9.97. The number of hydrogen-bond acceptors (Lipinski definition) is 5. The van der Waals surface area contributed by atoms with Crippen molar-refractivity contribution in [2.75, 3.05) is 45.6 Å². The third-order valence-corrected chi connectivity index (χ3v) is 5.67. The minimum atomic E-state index is -3.23. The standard InChI is InChI=1S/C14H21BrN2O3S/c1-17(11-13-10-16-6-8-20-13)7-9-21(18,19)14-4-2-12(15)3-5-14/h2-5,13,16H,6-11H2,1H3. The van der Waals surface area contributed by atoms with Gasteiger partial charge in [0, 0.05) is 30.7 Å². The number of nitrogens with zero attached hydrogens (tertiary/aromatic N) is 1. The summed E-state index contributed by atoms with van der Waals surface area (Å²) in [5.41, 5.74) is 0. The summed E-state index contributed by atoms with van der Waals surface area (Å²) in [6.07, 6.45) is 0.138. The van der Waals surface area contributed by atoms with Crippen LogP contribution >= 0.6 is 15.9 Å². The summed E-state index contributed by atoms with van der Waals surface area (Å²) in [6.45, 7) is 3.67. The van der Waals surface area contributed by atoms with E-state index in [4.69, 9.17) is 4.74 Å². The van der Waals surface area contributed by atoms with E-state index in [-0.39, 0.29) is 11.9 Å². The molecule has 1 saturated heterocycles. The molecule has 1 aliphatic heterocycles. The van der Waals surface area contributed by atoms with Crippen molar-refractivity contribution in [1.29, 1.82) is 0 Å². The molecule has 0 amide bonds. The van der Waals surface area contributed by atoms with Crippen molar-refractivity contribution in [3.05, 3.63) is 28.7 Å². The molecule has 21 heavy (non-hydrogen) atoms. The Bertz CT molecular complexity index is 542. The second-order valence-electron chi connectivity index (χ2n) is 5.23. The molecule has 1 heterocycles. The topological polar surface area (TPSA) is 58.6 Å². The molecule has 0 radical (unpaired) electrons. The van der Waals surface area contributed by atoms with Gasteiger partial charge in [0.1, 0.15) is 0 Å². The summed E-state index contributed by atoms with van der Waals surface area (Å²) < 4.78 is 31.0. The van der Waals surface area contributed by atoms with Crippen LogP contribution in [0.1, 0.15) is 0 Å². The highest BCUT2D eigenvalue weighted by Crippen LogP contribution is 2.16. The summed E-state index contributed by atoms with van der Waals surface area (Å²) in [7, 11) is -1.31. The second-order valence-corrected chi connectivity index (χ2v) is 8.26. The van der Waals surface area contributed by atoms with Gasteiger partial charge in [-0.25, -0.2) is 8.42 Å². The first kappa shape index (κ1) is 16.9. The lowest BCUT2D eigenvalue weighted by Gasteiger charge is -2.27. The van der Waals surface area contributed by atoms with Gasteiger partial charge in [-0.15, -0.1) is 0 Å². The fourth-order valence-corrected chi connectivity index (χ4v) is 3.81. The van der Waals surface area contributed by atoms with Gasteiger partial charge in [0.05, 0.1) is 23.4 Å². The first-order valence-electron chi connectivity index (χ1n) is 6.96. The van der Waals surface area contributed by atoms with Crippen molar-refractivity contribution in [2.45, 2.75) is 11.0 Å². The van der Waals surface area contributed by atoms with Crippen LogP contribution in [0.2, 0.25) is 0 Å². The van der Waals surface area contributed by atoms with E-state index in [1.807, 2.05) is 11.9 Å². The molecule has 1 aliphatic rings. The van der Waals surface area contributed by atoms with E-state index >= 15 is 0 Å². The molecule has 1 unspecified atom stereocenters. The fraction of sp³-hybridized carbons (Fsp3) is 0.571. The van der Waals surface area contributed by atoms with E-state index in [1.54, 1.807) is 24.3 Å². The molecular formula is C14H21BrN2O3S. The van der Waals surface area contributed by atoms with E-state index in [2.05, 4.69) is 21.2 Å². The lowest BCUT2D eigenvalue weighted by atomic mass is 10.3. The van der Waals surface area contributed by atoms with Crippen LogP contribution in [-0.4, -0.2) is 65.0 Å². The Hall–Kier alpha value is -0.470. The van der Waals surface area contributed by atoms with Crippen molar-refractivity contribution in [3.63, 3.8) is 0 Å². The maximum absolute atomic E-state index is 12.3. The monoisotopic (exact) mass is 376 g/mol. The summed E-state index contributed by atoms with van der Waals surface area (Å²) >= 11 is 3.31. The van der Waals surface area contributed by atoms with Crippen LogP contribution in [0.5, 0.6) is 0 Å². The normalized spacial score (nSPS) is 19.9.